The molecule has 2 heterocycles. The Hall–Kier alpha value is -0.820. The summed E-state index contributed by atoms with van der Waals surface area (Å²) in [6.45, 7) is 2.50. The van der Waals surface area contributed by atoms with Crippen LogP contribution in [-0.4, -0.2) is 18.8 Å². The number of hydrogen-bond acceptors (Lipinski definition) is 4. The van der Waals surface area contributed by atoms with Crippen molar-refractivity contribution in [2.75, 3.05) is 0 Å². The van der Waals surface area contributed by atoms with Crippen LogP contribution in [0.3, 0.4) is 0 Å². The summed E-state index contributed by atoms with van der Waals surface area (Å²) in [5.41, 5.74) is 0. The molecule has 4 nitrogen and oxygen atoms in total. The van der Waals surface area contributed by atoms with Crippen LogP contribution in [0.15, 0.2) is 32.9 Å². The fourth-order valence-corrected chi connectivity index (χ4v) is 6.14. The van der Waals surface area contributed by atoms with Gasteiger partial charge in [-0.15, -0.1) is 11.3 Å². The third-order valence-corrected chi connectivity index (χ3v) is 8.13. The van der Waals surface area contributed by atoms with Crippen LogP contribution in [0.1, 0.15) is 43.6 Å². The molecule has 4 rings (SSSR count). The van der Waals surface area contributed by atoms with E-state index in [0.717, 1.165) is 42.1 Å². The van der Waals surface area contributed by atoms with Crippen molar-refractivity contribution in [1.82, 2.24) is 4.31 Å². The minimum atomic E-state index is -3.51. The predicted octanol–water partition coefficient (Wildman–Crippen LogP) is 4.47. The Labute approximate surface area is 145 Å². The lowest BCUT2D eigenvalue weighted by Gasteiger charge is -2.19. The van der Waals surface area contributed by atoms with Gasteiger partial charge in [-0.05, 0) is 49.4 Å². The molecule has 23 heavy (non-hydrogen) atoms. The number of sulfonamides is 1. The van der Waals surface area contributed by atoms with E-state index >= 15 is 0 Å². The van der Waals surface area contributed by atoms with Gasteiger partial charge in [0.15, 0.2) is 0 Å². The maximum absolute atomic E-state index is 12.9. The molecule has 2 aromatic rings. The van der Waals surface area contributed by atoms with E-state index < -0.39 is 10.0 Å². The van der Waals surface area contributed by atoms with Gasteiger partial charge in [0.2, 0.25) is 0 Å². The molecule has 0 amide bonds. The van der Waals surface area contributed by atoms with Crippen LogP contribution in [0, 0.1) is 5.92 Å². The van der Waals surface area contributed by atoms with Gasteiger partial charge in [-0.25, -0.2) is 8.42 Å². The molecule has 0 N–H and O–H groups in total. The van der Waals surface area contributed by atoms with Gasteiger partial charge in [0, 0.05) is 12.0 Å². The fourth-order valence-electron chi connectivity index (χ4n) is 2.88. The first kappa shape index (κ1) is 15.7. The third kappa shape index (κ3) is 3.09. The zero-order valence-electron chi connectivity index (χ0n) is 12.7. The highest BCUT2D eigenvalue weighted by atomic mass is 35.5. The standard InChI is InChI=1S/C16H18ClNO3S2/c1-10-8-13(10)14-5-4-12(21-14)9-18(11-2-3-11)23(19,20)16-7-6-15(17)22-16/h4-7,10-11,13H,2-3,8-9H2,1H3/t10-,13+/m0/s1. The number of furan rings is 1. The normalized spacial score (nSPS) is 24.3. The molecule has 0 aromatic carbocycles. The highest BCUT2D eigenvalue weighted by Gasteiger charge is 2.40. The van der Waals surface area contributed by atoms with Crippen LogP contribution < -0.4 is 0 Å². The van der Waals surface area contributed by atoms with Crippen LogP contribution in [0.2, 0.25) is 4.34 Å². The van der Waals surface area contributed by atoms with Crippen LogP contribution in [-0.2, 0) is 16.6 Å². The summed E-state index contributed by atoms with van der Waals surface area (Å²) in [5, 5.41) is 0. The number of hydrogen-bond donors (Lipinski definition) is 0. The van der Waals surface area contributed by atoms with Crippen molar-refractivity contribution < 1.29 is 12.8 Å². The molecule has 124 valence electrons. The number of thiophene rings is 1. The largest absolute Gasteiger partial charge is 0.464 e. The summed E-state index contributed by atoms with van der Waals surface area (Å²) >= 11 is 7.01. The number of rotatable bonds is 6. The molecule has 0 aliphatic heterocycles. The molecule has 2 aliphatic carbocycles. The second-order valence-corrected chi connectivity index (χ2v) is 10.3. The van der Waals surface area contributed by atoms with Gasteiger partial charge in [0.1, 0.15) is 15.7 Å². The SMILES string of the molecule is C[C@H]1C[C@H]1c1ccc(CN(C2CC2)S(=O)(=O)c2ccc(Cl)s2)o1. The van der Waals surface area contributed by atoms with Gasteiger partial charge in [-0.2, -0.15) is 4.31 Å². The van der Waals surface area contributed by atoms with Gasteiger partial charge in [-0.3, -0.25) is 0 Å². The van der Waals surface area contributed by atoms with Crippen molar-refractivity contribution >= 4 is 33.0 Å². The molecular weight excluding hydrogens is 354 g/mol. The lowest BCUT2D eigenvalue weighted by Crippen LogP contribution is -2.32. The quantitative estimate of drug-likeness (QED) is 0.752. The van der Waals surface area contributed by atoms with E-state index in [1.165, 1.54) is 0 Å². The van der Waals surface area contributed by atoms with Crippen LogP contribution in [0.25, 0.3) is 0 Å². The van der Waals surface area contributed by atoms with E-state index in [1.807, 2.05) is 12.1 Å². The maximum Gasteiger partial charge on any atom is 0.253 e. The molecule has 2 aliphatic rings. The predicted molar refractivity (Wildman–Crippen MR) is 90.3 cm³/mol. The van der Waals surface area contributed by atoms with Gasteiger partial charge in [0.05, 0.1) is 10.9 Å². The van der Waals surface area contributed by atoms with E-state index in [0.29, 0.717) is 26.9 Å². The summed E-state index contributed by atoms with van der Waals surface area (Å²) in [4.78, 5) is 0. The van der Waals surface area contributed by atoms with Gasteiger partial charge in [-0.1, -0.05) is 18.5 Å². The molecule has 0 saturated heterocycles. The Kier molecular flexibility index (Phi) is 3.83. The summed E-state index contributed by atoms with van der Waals surface area (Å²) in [6, 6.07) is 7.19. The fraction of sp³-hybridized carbons (Fsp3) is 0.500. The van der Waals surface area contributed by atoms with Crippen LogP contribution in [0.4, 0.5) is 0 Å². The summed E-state index contributed by atoms with van der Waals surface area (Å²) in [7, 11) is -3.51. The topological polar surface area (TPSA) is 50.5 Å². The van der Waals surface area contributed by atoms with E-state index in [1.54, 1.807) is 16.4 Å². The number of nitrogens with zero attached hydrogens (tertiary/aromatic N) is 1. The molecular formula is C16H18ClNO3S2. The van der Waals surface area contributed by atoms with E-state index in [9.17, 15) is 8.42 Å². The molecule has 7 heteroatoms. The highest BCUT2D eigenvalue weighted by molar-refractivity contribution is 7.91. The van der Waals surface area contributed by atoms with E-state index in [-0.39, 0.29) is 6.04 Å². The van der Waals surface area contributed by atoms with Crippen LogP contribution >= 0.6 is 22.9 Å². The molecule has 0 spiro atoms. The third-order valence-electron chi connectivity index (χ3n) is 4.53. The van der Waals surface area contributed by atoms with Crippen LogP contribution in [0.5, 0.6) is 0 Å². The van der Waals surface area contributed by atoms with Gasteiger partial charge < -0.3 is 4.42 Å². The minimum absolute atomic E-state index is 0.0780. The average molecular weight is 372 g/mol. The smallest absolute Gasteiger partial charge is 0.253 e. The zero-order valence-corrected chi connectivity index (χ0v) is 15.1. The molecule has 0 radical (unpaired) electrons. The molecule has 2 fully saturated rings. The monoisotopic (exact) mass is 371 g/mol. The number of halogens is 1. The van der Waals surface area contributed by atoms with Crippen molar-refractivity contribution in [3.8, 4) is 0 Å². The summed E-state index contributed by atoms with van der Waals surface area (Å²) in [6.07, 6.45) is 2.97. The lowest BCUT2D eigenvalue weighted by atomic mass is 10.3. The average Bonchev–Trinajstić information content (AvgIpc) is 3.37. The Morgan fingerprint density at radius 1 is 1.30 bits per heavy atom. The second-order valence-electron chi connectivity index (χ2n) is 6.46. The first-order chi connectivity index (χ1) is 10.9. The molecule has 2 aromatic heterocycles. The summed E-state index contributed by atoms with van der Waals surface area (Å²) < 4.78 is 34.0. The molecule has 2 saturated carbocycles. The van der Waals surface area contributed by atoms with Crippen molar-refractivity contribution in [1.29, 1.82) is 0 Å². The van der Waals surface area contributed by atoms with Gasteiger partial charge >= 0.3 is 0 Å². The van der Waals surface area contributed by atoms with Crippen molar-refractivity contribution in [3.05, 3.63) is 40.1 Å². The molecule has 0 unspecified atom stereocenters. The van der Waals surface area contributed by atoms with Crippen molar-refractivity contribution in [2.45, 2.75) is 48.9 Å². The zero-order chi connectivity index (χ0) is 16.2. The summed E-state index contributed by atoms with van der Waals surface area (Å²) in [5.74, 6) is 2.88. The first-order valence-electron chi connectivity index (χ1n) is 7.81. The van der Waals surface area contributed by atoms with Crippen molar-refractivity contribution in [3.63, 3.8) is 0 Å². The first-order valence-corrected chi connectivity index (χ1v) is 10.4. The lowest BCUT2D eigenvalue weighted by molar-refractivity contribution is 0.348. The Bertz CT molecular complexity index is 822. The Balaban J connectivity index is 1.57. The van der Waals surface area contributed by atoms with Gasteiger partial charge in [0.25, 0.3) is 10.0 Å². The highest BCUT2D eigenvalue weighted by Crippen LogP contribution is 2.47. The second kappa shape index (κ2) is 5.62. The van der Waals surface area contributed by atoms with Crippen molar-refractivity contribution in [2.24, 2.45) is 5.92 Å². The molecule has 2 atom stereocenters. The maximum atomic E-state index is 12.9. The van der Waals surface area contributed by atoms with E-state index in [4.69, 9.17) is 16.0 Å². The van der Waals surface area contributed by atoms with E-state index in [2.05, 4.69) is 6.92 Å². The minimum Gasteiger partial charge on any atom is -0.464 e. The molecule has 0 bridgehead atoms. The Morgan fingerprint density at radius 2 is 2.04 bits per heavy atom. The Morgan fingerprint density at radius 3 is 2.61 bits per heavy atom.